The molecule has 2 saturated heterocycles. The van der Waals surface area contributed by atoms with Crippen molar-refractivity contribution in [3.8, 4) is 0 Å². The van der Waals surface area contributed by atoms with Crippen molar-refractivity contribution < 1.29 is 38.0 Å². The second-order valence-corrected chi connectivity index (χ2v) is 12.7. The highest BCUT2D eigenvalue weighted by atomic mass is 16.8. The number of fused-ring (bicyclic) bond motifs is 5. The highest BCUT2D eigenvalue weighted by Crippen LogP contribution is 2.69. The van der Waals surface area contributed by atoms with Crippen LogP contribution in [-0.2, 0) is 38.0 Å². The fourth-order valence-electron chi connectivity index (χ4n) is 9.61. The molecule has 0 amide bonds. The van der Waals surface area contributed by atoms with Gasteiger partial charge >= 0.3 is 11.9 Å². The van der Waals surface area contributed by atoms with Gasteiger partial charge in [-0.1, -0.05) is 25.2 Å². The number of carbonyl (C=O) groups excluding carboxylic acids is 2. The number of carbonyl (C=O) groups is 2. The van der Waals surface area contributed by atoms with Crippen LogP contribution in [0.5, 0.6) is 0 Å². The number of rotatable bonds is 5. The predicted molar refractivity (Wildman–Crippen MR) is 140 cm³/mol. The molecule has 3 saturated carbocycles. The van der Waals surface area contributed by atoms with Crippen molar-refractivity contribution in [1.29, 1.82) is 0 Å². The van der Waals surface area contributed by atoms with E-state index in [0.29, 0.717) is 44.7 Å². The highest BCUT2D eigenvalue weighted by Gasteiger charge is 2.68. The Morgan fingerprint density at radius 2 is 1.79 bits per heavy atom. The van der Waals surface area contributed by atoms with E-state index >= 15 is 0 Å². The molecule has 8 heteroatoms. The van der Waals surface area contributed by atoms with Gasteiger partial charge in [0.25, 0.3) is 0 Å². The normalized spacial score (nSPS) is 41.5. The number of esters is 2. The van der Waals surface area contributed by atoms with E-state index in [-0.39, 0.29) is 41.9 Å². The van der Waals surface area contributed by atoms with E-state index in [9.17, 15) is 9.59 Å². The molecule has 2 aliphatic heterocycles. The molecule has 4 aliphatic carbocycles. The Kier molecular flexibility index (Phi) is 6.87. The molecule has 0 aromatic carbocycles. The molecule has 6 rings (SSSR count). The van der Waals surface area contributed by atoms with Gasteiger partial charge in [-0.3, -0.25) is 9.59 Å². The van der Waals surface area contributed by atoms with Crippen LogP contribution in [0.1, 0.15) is 65.7 Å². The Morgan fingerprint density at radius 1 is 1.08 bits per heavy atom. The maximum atomic E-state index is 12.6. The zero-order chi connectivity index (χ0) is 27.5. The van der Waals surface area contributed by atoms with E-state index in [1.54, 1.807) is 0 Å². The molecule has 1 spiro atoms. The molecule has 0 N–H and O–H groups in total. The van der Waals surface area contributed by atoms with Gasteiger partial charge in [-0.15, -0.1) is 5.73 Å². The molecule has 214 valence electrons. The Bertz CT molecular complexity index is 1080. The fraction of sp³-hybridized carbons (Fsp3) is 0.774. The zero-order valence-electron chi connectivity index (χ0n) is 23.5. The first-order chi connectivity index (χ1) is 18.7. The van der Waals surface area contributed by atoms with Crippen LogP contribution in [0.25, 0.3) is 0 Å². The molecule has 6 aliphatic rings. The lowest BCUT2D eigenvalue weighted by Gasteiger charge is -2.61. The third kappa shape index (κ3) is 4.26. The van der Waals surface area contributed by atoms with E-state index in [2.05, 4.69) is 31.4 Å². The maximum absolute atomic E-state index is 12.6. The second kappa shape index (κ2) is 9.85. The van der Waals surface area contributed by atoms with E-state index in [1.165, 1.54) is 19.4 Å². The SMILES string of the molecule is C=C=C[C@]12C[C@H](OC(C)=O)[C@H]3[C@@H](CC=C4CC5(CC[C@@]43C)OCCO5)[C@@H]1CC[C@@H]2C1(COC(C)=O)OCCO1. The van der Waals surface area contributed by atoms with Crippen molar-refractivity contribution >= 4 is 11.9 Å². The summed E-state index contributed by atoms with van der Waals surface area (Å²) in [4.78, 5) is 24.4. The van der Waals surface area contributed by atoms with Crippen LogP contribution in [0.4, 0.5) is 0 Å². The third-order valence-corrected chi connectivity index (χ3v) is 10.9. The Hall–Kier alpha value is -1.96. The van der Waals surface area contributed by atoms with Gasteiger partial charge in [-0.2, -0.15) is 0 Å². The molecule has 0 unspecified atom stereocenters. The second-order valence-electron chi connectivity index (χ2n) is 12.7. The lowest BCUT2D eigenvalue weighted by atomic mass is 9.45. The van der Waals surface area contributed by atoms with Crippen LogP contribution >= 0.6 is 0 Å². The molecule has 5 fully saturated rings. The summed E-state index contributed by atoms with van der Waals surface area (Å²) in [6, 6.07) is 0. The zero-order valence-corrected chi connectivity index (χ0v) is 23.5. The van der Waals surface area contributed by atoms with Gasteiger partial charge in [0.05, 0.1) is 26.4 Å². The molecule has 0 radical (unpaired) electrons. The first-order valence-corrected chi connectivity index (χ1v) is 14.6. The molecular formula is C31H42O8. The number of hydrogen-bond donors (Lipinski definition) is 0. The Labute approximate surface area is 231 Å². The largest absolute Gasteiger partial charge is 0.462 e. The van der Waals surface area contributed by atoms with Crippen molar-refractivity contribution in [3.63, 3.8) is 0 Å². The highest BCUT2D eigenvalue weighted by molar-refractivity contribution is 5.66. The molecule has 8 nitrogen and oxygen atoms in total. The molecule has 39 heavy (non-hydrogen) atoms. The quantitative estimate of drug-likeness (QED) is 0.286. The molecular weight excluding hydrogens is 500 g/mol. The lowest BCUT2D eigenvalue weighted by Crippen LogP contribution is -2.61. The smallest absolute Gasteiger partial charge is 0.302 e. The van der Waals surface area contributed by atoms with Crippen molar-refractivity contribution in [3.05, 3.63) is 30.0 Å². The summed E-state index contributed by atoms with van der Waals surface area (Å²) in [6.45, 7) is 11.5. The Balaban J connectivity index is 1.40. The molecule has 0 aromatic heterocycles. The van der Waals surface area contributed by atoms with E-state index in [0.717, 1.165) is 38.5 Å². The summed E-state index contributed by atoms with van der Waals surface area (Å²) >= 11 is 0. The predicted octanol–water partition coefficient (Wildman–Crippen LogP) is 4.48. The molecule has 2 heterocycles. The van der Waals surface area contributed by atoms with E-state index in [4.69, 9.17) is 28.4 Å². The first kappa shape index (κ1) is 27.2. The molecule has 0 aromatic rings. The van der Waals surface area contributed by atoms with Gasteiger partial charge in [-0.05, 0) is 55.4 Å². The fourth-order valence-corrected chi connectivity index (χ4v) is 9.61. The van der Waals surface area contributed by atoms with Gasteiger partial charge < -0.3 is 28.4 Å². The number of hydrogen-bond acceptors (Lipinski definition) is 8. The van der Waals surface area contributed by atoms with Crippen molar-refractivity contribution in [1.82, 2.24) is 0 Å². The van der Waals surface area contributed by atoms with Gasteiger partial charge in [-0.25, -0.2) is 0 Å². The van der Waals surface area contributed by atoms with Crippen LogP contribution in [0.3, 0.4) is 0 Å². The first-order valence-electron chi connectivity index (χ1n) is 14.6. The van der Waals surface area contributed by atoms with Gasteiger partial charge in [0.2, 0.25) is 5.79 Å². The van der Waals surface area contributed by atoms with Gasteiger partial charge in [0.1, 0.15) is 12.7 Å². The minimum absolute atomic E-state index is 0.0443. The van der Waals surface area contributed by atoms with Gasteiger partial charge in [0.15, 0.2) is 5.79 Å². The number of ether oxygens (including phenoxy) is 6. The average Bonchev–Trinajstić information content (AvgIpc) is 3.63. The molecule has 0 bridgehead atoms. The summed E-state index contributed by atoms with van der Waals surface area (Å²) in [5.41, 5.74) is 3.98. The third-order valence-electron chi connectivity index (χ3n) is 10.9. The van der Waals surface area contributed by atoms with Crippen LogP contribution < -0.4 is 0 Å². The summed E-state index contributed by atoms with van der Waals surface area (Å²) in [5, 5.41) is 0. The monoisotopic (exact) mass is 542 g/mol. The van der Waals surface area contributed by atoms with E-state index < -0.39 is 17.0 Å². The van der Waals surface area contributed by atoms with Crippen molar-refractivity contribution in [2.45, 2.75) is 83.4 Å². The van der Waals surface area contributed by atoms with E-state index in [1.807, 2.05) is 0 Å². The van der Waals surface area contributed by atoms with Crippen LogP contribution in [0.2, 0.25) is 0 Å². The van der Waals surface area contributed by atoms with Crippen LogP contribution in [0.15, 0.2) is 30.0 Å². The van der Waals surface area contributed by atoms with Crippen LogP contribution in [-0.4, -0.2) is 62.7 Å². The summed E-state index contributed by atoms with van der Waals surface area (Å²) < 4.78 is 36.6. The lowest BCUT2D eigenvalue weighted by molar-refractivity contribution is -0.251. The minimum Gasteiger partial charge on any atom is -0.462 e. The average molecular weight is 543 g/mol. The topological polar surface area (TPSA) is 89.5 Å². The standard InChI is InChI=1S/C31H42O8/c1-5-10-29-18-25(39-21(3)33)27-23(7-6-22-17-30(35-13-14-36-30)12-11-28(22,27)4)24(29)8-9-26(29)31(19-34-20(2)32)37-15-16-38-31/h6,10,23-27H,1,7-9,11-19H2,2-4H3/t23-,24-,25-,26-,27+,28-,29-/m0/s1. The minimum atomic E-state index is -1.03. The van der Waals surface area contributed by atoms with Crippen molar-refractivity contribution in [2.75, 3.05) is 33.0 Å². The summed E-state index contributed by atoms with van der Waals surface area (Å²) in [5.74, 6) is -1.45. The van der Waals surface area contributed by atoms with Crippen LogP contribution in [0, 0.1) is 34.5 Å². The maximum Gasteiger partial charge on any atom is 0.302 e. The summed E-state index contributed by atoms with van der Waals surface area (Å²) in [7, 11) is 0. The molecule has 7 atom stereocenters. The summed E-state index contributed by atoms with van der Waals surface area (Å²) in [6.07, 6.45) is 10.2. The number of allylic oxidation sites excluding steroid dienone is 2. The van der Waals surface area contributed by atoms with Crippen molar-refractivity contribution in [2.24, 2.45) is 34.5 Å². The Morgan fingerprint density at radius 3 is 2.46 bits per heavy atom. The van der Waals surface area contributed by atoms with Gasteiger partial charge in [0, 0.05) is 43.9 Å².